The van der Waals surface area contributed by atoms with Crippen molar-refractivity contribution in [2.45, 2.75) is 51.6 Å². The van der Waals surface area contributed by atoms with Crippen LogP contribution in [0.1, 0.15) is 39.5 Å². The second kappa shape index (κ2) is 6.72. The Hall–Kier alpha value is -0.120. The average molecular weight is 239 g/mol. The molecule has 2 heterocycles. The number of nitrogens with zero attached hydrogens (tertiary/aromatic N) is 1. The molecular weight excluding hydrogens is 210 g/mol. The van der Waals surface area contributed by atoms with E-state index in [1.165, 1.54) is 51.9 Å². The van der Waals surface area contributed by atoms with Gasteiger partial charge in [0.2, 0.25) is 0 Å². The van der Waals surface area contributed by atoms with E-state index in [1.54, 1.807) is 0 Å². The third-order valence-corrected chi connectivity index (χ3v) is 4.29. The molecular formula is C14H29N3. The Labute approximate surface area is 106 Å². The molecule has 0 aliphatic carbocycles. The first-order chi connectivity index (χ1) is 8.27. The first-order valence-electron chi connectivity index (χ1n) is 7.45. The fraction of sp³-hybridized carbons (Fsp3) is 1.00. The van der Waals surface area contributed by atoms with Gasteiger partial charge in [0.1, 0.15) is 0 Å². The summed E-state index contributed by atoms with van der Waals surface area (Å²) in [5.41, 5.74) is 0. The van der Waals surface area contributed by atoms with Crippen molar-refractivity contribution in [1.29, 1.82) is 0 Å². The van der Waals surface area contributed by atoms with Gasteiger partial charge in [0.25, 0.3) is 0 Å². The predicted molar refractivity (Wildman–Crippen MR) is 73.3 cm³/mol. The zero-order chi connectivity index (χ0) is 12.1. The molecule has 0 spiro atoms. The van der Waals surface area contributed by atoms with Gasteiger partial charge in [-0.2, -0.15) is 0 Å². The minimum absolute atomic E-state index is 0.701. The van der Waals surface area contributed by atoms with Crippen LogP contribution >= 0.6 is 0 Å². The molecule has 0 bridgehead atoms. The molecule has 2 saturated heterocycles. The van der Waals surface area contributed by atoms with Gasteiger partial charge < -0.3 is 10.6 Å². The van der Waals surface area contributed by atoms with Crippen molar-refractivity contribution in [2.24, 2.45) is 5.92 Å². The number of hydrogen-bond donors (Lipinski definition) is 2. The maximum absolute atomic E-state index is 3.78. The first-order valence-corrected chi connectivity index (χ1v) is 7.45. The Morgan fingerprint density at radius 1 is 1.24 bits per heavy atom. The van der Waals surface area contributed by atoms with Crippen LogP contribution in [0, 0.1) is 5.92 Å². The second-order valence-corrected chi connectivity index (χ2v) is 6.01. The van der Waals surface area contributed by atoms with Gasteiger partial charge in [0.15, 0.2) is 0 Å². The van der Waals surface area contributed by atoms with Gasteiger partial charge >= 0.3 is 0 Å². The Morgan fingerprint density at radius 2 is 2.00 bits per heavy atom. The van der Waals surface area contributed by atoms with E-state index in [-0.39, 0.29) is 0 Å². The van der Waals surface area contributed by atoms with Gasteiger partial charge in [-0.25, -0.2) is 0 Å². The highest BCUT2D eigenvalue weighted by Crippen LogP contribution is 2.17. The van der Waals surface area contributed by atoms with E-state index in [4.69, 9.17) is 0 Å². The van der Waals surface area contributed by atoms with Gasteiger partial charge in [-0.05, 0) is 51.2 Å². The van der Waals surface area contributed by atoms with Crippen LogP contribution in [0.3, 0.4) is 0 Å². The predicted octanol–water partition coefficient (Wildman–Crippen LogP) is 1.45. The lowest BCUT2D eigenvalue weighted by atomic mass is 10.0. The molecule has 2 fully saturated rings. The zero-order valence-corrected chi connectivity index (χ0v) is 11.5. The second-order valence-electron chi connectivity index (χ2n) is 6.01. The lowest BCUT2D eigenvalue weighted by Crippen LogP contribution is -2.50. The highest BCUT2D eigenvalue weighted by Gasteiger charge is 2.25. The number of nitrogens with one attached hydrogen (secondary N) is 2. The standard InChI is InChI=1S/C14H29N3/c1-12(2)14(17-8-3-4-9-17)11-16-13-6-5-7-15-10-13/h12-16H,3-11H2,1-2H3. The molecule has 3 nitrogen and oxygen atoms in total. The summed E-state index contributed by atoms with van der Waals surface area (Å²) in [6.07, 6.45) is 5.47. The van der Waals surface area contributed by atoms with Crippen LogP contribution in [-0.2, 0) is 0 Å². The smallest absolute Gasteiger partial charge is 0.0243 e. The average Bonchev–Trinajstić information content (AvgIpc) is 2.84. The molecule has 0 aromatic heterocycles. The van der Waals surface area contributed by atoms with Crippen molar-refractivity contribution in [1.82, 2.24) is 15.5 Å². The molecule has 2 unspecified atom stereocenters. The molecule has 0 aromatic carbocycles. The van der Waals surface area contributed by atoms with E-state index >= 15 is 0 Å². The van der Waals surface area contributed by atoms with E-state index in [0.29, 0.717) is 6.04 Å². The fourth-order valence-electron chi connectivity index (χ4n) is 3.17. The summed E-state index contributed by atoms with van der Waals surface area (Å²) in [7, 11) is 0. The van der Waals surface area contributed by atoms with Crippen molar-refractivity contribution in [3.63, 3.8) is 0 Å². The third kappa shape index (κ3) is 3.94. The van der Waals surface area contributed by atoms with Gasteiger partial charge in [-0.1, -0.05) is 13.8 Å². The van der Waals surface area contributed by atoms with Gasteiger partial charge in [-0.3, -0.25) is 4.90 Å². The lowest BCUT2D eigenvalue weighted by Gasteiger charge is -2.33. The first kappa shape index (κ1) is 13.3. The summed E-state index contributed by atoms with van der Waals surface area (Å²) in [6, 6.07) is 1.44. The SMILES string of the molecule is CC(C)C(CNC1CCCNC1)N1CCCC1. The van der Waals surface area contributed by atoms with E-state index in [1.807, 2.05) is 0 Å². The summed E-state index contributed by atoms with van der Waals surface area (Å²) < 4.78 is 0. The van der Waals surface area contributed by atoms with Crippen molar-refractivity contribution >= 4 is 0 Å². The number of likely N-dealkylation sites (tertiary alicyclic amines) is 1. The Morgan fingerprint density at radius 3 is 2.59 bits per heavy atom. The van der Waals surface area contributed by atoms with Crippen molar-refractivity contribution in [2.75, 3.05) is 32.7 Å². The quantitative estimate of drug-likeness (QED) is 0.760. The maximum atomic E-state index is 3.78. The number of rotatable bonds is 5. The lowest BCUT2D eigenvalue weighted by molar-refractivity contribution is 0.179. The molecule has 2 aliphatic rings. The monoisotopic (exact) mass is 239 g/mol. The maximum Gasteiger partial charge on any atom is 0.0243 e. The van der Waals surface area contributed by atoms with Crippen LogP contribution in [0.25, 0.3) is 0 Å². The van der Waals surface area contributed by atoms with Gasteiger partial charge in [0.05, 0.1) is 0 Å². The van der Waals surface area contributed by atoms with Crippen LogP contribution in [0.4, 0.5) is 0 Å². The van der Waals surface area contributed by atoms with E-state index < -0.39 is 0 Å². The van der Waals surface area contributed by atoms with Gasteiger partial charge in [0, 0.05) is 25.2 Å². The van der Waals surface area contributed by atoms with E-state index in [2.05, 4.69) is 29.4 Å². The largest absolute Gasteiger partial charge is 0.315 e. The molecule has 17 heavy (non-hydrogen) atoms. The number of piperidine rings is 1. The molecule has 0 aromatic rings. The van der Waals surface area contributed by atoms with Crippen molar-refractivity contribution in [3.05, 3.63) is 0 Å². The molecule has 3 heteroatoms. The number of hydrogen-bond acceptors (Lipinski definition) is 3. The molecule has 0 radical (unpaired) electrons. The van der Waals surface area contributed by atoms with Crippen LogP contribution in [0.15, 0.2) is 0 Å². The topological polar surface area (TPSA) is 27.3 Å². The molecule has 2 aliphatic heterocycles. The normalized spacial score (nSPS) is 28.8. The van der Waals surface area contributed by atoms with Crippen LogP contribution in [0.5, 0.6) is 0 Å². The summed E-state index contributed by atoms with van der Waals surface area (Å²) in [5.74, 6) is 0.761. The minimum Gasteiger partial charge on any atom is -0.315 e. The van der Waals surface area contributed by atoms with Crippen molar-refractivity contribution in [3.8, 4) is 0 Å². The molecule has 0 amide bonds. The highest BCUT2D eigenvalue weighted by atomic mass is 15.2. The van der Waals surface area contributed by atoms with Crippen LogP contribution in [0.2, 0.25) is 0 Å². The molecule has 2 atom stereocenters. The van der Waals surface area contributed by atoms with E-state index in [0.717, 1.165) is 18.5 Å². The molecule has 2 N–H and O–H groups in total. The molecule has 2 rings (SSSR count). The Bertz CT molecular complexity index is 206. The summed E-state index contributed by atoms with van der Waals surface area (Å²) in [6.45, 7) is 10.9. The van der Waals surface area contributed by atoms with Crippen molar-refractivity contribution < 1.29 is 0 Å². The Balaban J connectivity index is 1.76. The Kier molecular flexibility index (Phi) is 5.26. The summed E-state index contributed by atoms with van der Waals surface area (Å²) in [5, 5.41) is 7.26. The molecule has 100 valence electrons. The zero-order valence-electron chi connectivity index (χ0n) is 11.5. The fourth-order valence-corrected chi connectivity index (χ4v) is 3.17. The van der Waals surface area contributed by atoms with E-state index in [9.17, 15) is 0 Å². The van der Waals surface area contributed by atoms with Crippen LogP contribution < -0.4 is 10.6 Å². The third-order valence-electron chi connectivity index (χ3n) is 4.29. The van der Waals surface area contributed by atoms with Gasteiger partial charge in [-0.15, -0.1) is 0 Å². The summed E-state index contributed by atoms with van der Waals surface area (Å²) in [4.78, 5) is 2.69. The van der Waals surface area contributed by atoms with Crippen LogP contribution in [-0.4, -0.2) is 49.7 Å². The minimum atomic E-state index is 0.701. The molecule has 0 saturated carbocycles. The highest BCUT2D eigenvalue weighted by molar-refractivity contribution is 4.83. The summed E-state index contributed by atoms with van der Waals surface area (Å²) >= 11 is 0.